The summed E-state index contributed by atoms with van der Waals surface area (Å²) in [7, 11) is 0. The number of carboxylic acid groups (broad SMARTS) is 1. The highest BCUT2D eigenvalue weighted by Gasteiger charge is 2.40. The third-order valence-corrected chi connectivity index (χ3v) is 3.10. The molecule has 1 aliphatic rings. The highest BCUT2D eigenvalue weighted by atomic mass is 16.4. The fraction of sp³-hybridized carbons (Fsp3) is 0.462. The van der Waals surface area contributed by atoms with Gasteiger partial charge in [-0.15, -0.1) is 0 Å². The van der Waals surface area contributed by atoms with Gasteiger partial charge in [-0.3, -0.25) is 9.69 Å². The molecule has 3 nitrogen and oxygen atoms in total. The predicted octanol–water partition coefficient (Wildman–Crippen LogP) is 2.43. The molecular weight excluding hydrogens is 202 g/mol. The molecule has 0 spiro atoms. The Hall–Kier alpha value is -1.35. The lowest BCUT2D eigenvalue weighted by atomic mass is 10.0. The summed E-state index contributed by atoms with van der Waals surface area (Å²) in [5.41, 5.74) is 1.93. The van der Waals surface area contributed by atoms with Gasteiger partial charge in [-0.25, -0.2) is 0 Å². The minimum absolute atomic E-state index is 0.137. The molecule has 86 valence electrons. The van der Waals surface area contributed by atoms with E-state index < -0.39 is 12.0 Å². The van der Waals surface area contributed by atoms with Gasteiger partial charge in [0.05, 0.1) is 0 Å². The number of carbonyl (C=O) groups is 1. The van der Waals surface area contributed by atoms with Crippen molar-refractivity contribution < 1.29 is 9.90 Å². The lowest BCUT2D eigenvalue weighted by Crippen LogP contribution is -2.42. The molecule has 0 bridgehead atoms. The Bertz CT molecular complexity index is 420. The fourth-order valence-electron chi connectivity index (χ4n) is 2.28. The second kappa shape index (κ2) is 3.59. The van der Waals surface area contributed by atoms with Crippen LogP contribution >= 0.6 is 0 Å². The maximum Gasteiger partial charge on any atom is 0.325 e. The molecule has 0 radical (unpaired) electrons. The first kappa shape index (κ1) is 11.1. The van der Waals surface area contributed by atoms with Crippen LogP contribution in [-0.4, -0.2) is 21.5 Å². The zero-order valence-electron chi connectivity index (χ0n) is 9.90. The van der Waals surface area contributed by atoms with Crippen LogP contribution in [0.5, 0.6) is 0 Å². The van der Waals surface area contributed by atoms with Crippen molar-refractivity contribution in [1.29, 1.82) is 0 Å². The number of benzene rings is 1. The summed E-state index contributed by atoms with van der Waals surface area (Å²) >= 11 is 0. The molecular formula is C13H17NO2. The van der Waals surface area contributed by atoms with Crippen molar-refractivity contribution in [3.05, 3.63) is 35.4 Å². The Kier molecular flexibility index (Phi) is 2.50. The van der Waals surface area contributed by atoms with Crippen LogP contribution in [0.1, 0.15) is 37.9 Å². The van der Waals surface area contributed by atoms with Crippen LogP contribution in [0.3, 0.4) is 0 Å². The summed E-state index contributed by atoms with van der Waals surface area (Å²) < 4.78 is 0. The molecule has 1 unspecified atom stereocenters. The first-order chi connectivity index (χ1) is 7.41. The van der Waals surface area contributed by atoms with Gasteiger partial charge in [-0.05, 0) is 31.9 Å². The standard InChI is InChI=1S/C13H17NO2/c1-13(2,3)14-8-9-6-4-5-7-10(9)11(14)12(15)16/h4-7,11H,8H2,1-3H3,(H,15,16). The van der Waals surface area contributed by atoms with Gasteiger partial charge in [0.25, 0.3) is 0 Å². The third kappa shape index (κ3) is 1.71. The molecule has 1 N–H and O–H groups in total. The molecule has 3 heteroatoms. The predicted molar refractivity (Wildman–Crippen MR) is 62.1 cm³/mol. The summed E-state index contributed by atoms with van der Waals surface area (Å²) in [6.45, 7) is 6.87. The van der Waals surface area contributed by atoms with Crippen LogP contribution in [-0.2, 0) is 11.3 Å². The van der Waals surface area contributed by atoms with Gasteiger partial charge in [0.2, 0.25) is 0 Å². The topological polar surface area (TPSA) is 40.5 Å². The molecule has 0 saturated heterocycles. The number of fused-ring (bicyclic) bond motifs is 1. The average molecular weight is 219 g/mol. The molecule has 0 fully saturated rings. The molecule has 0 saturated carbocycles. The van der Waals surface area contributed by atoms with Crippen LogP contribution < -0.4 is 0 Å². The third-order valence-electron chi connectivity index (χ3n) is 3.10. The van der Waals surface area contributed by atoms with Gasteiger partial charge in [-0.2, -0.15) is 0 Å². The van der Waals surface area contributed by atoms with Crippen molar-refractivity contribution in [2.45, 2.75) is 38.9 Å². The lowest BCUT2D eigenvalue weighted by Gasteiger charge is -2.35. The average Bonchev–Trinajstić information content (AvgIpc) is 2.55. The van der Waals surface area contributed by atoms with E-state index >= 15 is 0 Å². The first-order valence-corrected chi connectivity index (χ1v) is 5.48. The van der Waals surface area contributed by atoms with E-state index in [-0.39, 0.29) is 5.54 Å². The molecule has 16 heavy (non-hydrogen) atoms. The number of hydrogen-bond acceptors (Lipinski definition) is 2. The Morgan fingerprint density at radius 1 is 1.38 bits per heavy atom. The Morgan fingerprint density at radius 3 is 2.56 bits per heavy atom. The number of nitrogens with zero attached hydrogens (tertiary/aromatic N) is 1. The molecule has 1 aromatic carbocycles. The maximum atomic E-state index is 11.4. The van der Waals surface area contributed by atoms with Gasteiger partial charge in [0.15, 0.2) is 0 Å². The smallest absolute Gasteiger partial charge is 0.325 e. The second-order valence-electron chi connectivity index (χ2n) is 5.24. The van der Waals surface area contributed by atoms with Crippen molar-refractivity contribution in [2.75, 3.05) is 0 Å². The van der Waals surface area contributed by atoms with Crippen LogP contribution in [0, 0.1) is 0 Å². The van der Waals surface area contributed by atoms with Crippen LogP contribution in [0.2, 0.25) is 0 Å². The number of aliphatic carboxylic acids is 1. The SMILES string of the molecule is CC(C)(C)N1Cc2ccccc2C1C(=O)O. The maximum absolute atomic E-state index is 11.4. The molecule has 0 aliphatic carbocycles. The number of carboxylic acids is 1. The lowest BCUT2D eigenvalue weighted by molar-refractivity contribution is -0.145. The zero-order chi connectivity index (χ0) is 11.9. The van der Waals surface area contributed by atoms with Crippen molar-refractivity contribution >= 4 is 5.97 Å². The molecule has 2 rings (SSSR count). The van der Waals surface area contributed by atoms with E-state index in [9.17, 15) is 9.90 Å². The molecule has 1 heterocycles. The van der Waals surface area contributed by atoms with Crippen molar-refractivity contribution in [2.24, 2.45) is 0 Å². The summed E-state index contributed by atoms with van der Waals surface area (Å²) in [6, 6.07) is 7.29. The van der Waals surface area contributed by atoms with E-state index in [4.69, 9.17) is 0 Å². The van der Waals surface area contributed by atoms with Crippen molar-refractivity contribution in [3.8, 4) is 0 Å². The van der Waals surface area contributed by atoms with E-state index in [1.54, 1.807) is 0 Å². The summed E-state index contributed by atoms with van der Waals surface area (Å²) in [4.78, 5) is 13.4. The van der Waals surface area contributed by atoms with Crippen LogP contribution in [0.4, 0.5) is 0 Å². The van der Waals surface area contributed by atoms with Crippen LogP contribution in [0.15, 0.2) is 24.3 Å². The largest absolute Gasteiger partial charge is 0.480 e. The summed E-state index contributed by atoms with van der Waals surface area (Å²) in [6.07, 6.45) is 0. The summed E-state index contributed by atoms with van der Waals surface area (Å²) in [5, 5.41) is 9.35. The molecule has 1 aliphatic heterocycles. The monoisotopic (exact) mass is 219 g/mol. The van der Waals surface area contributed by atoms with E-state index in [1.807, 2.05) is 29.2 Å². The van der Waals surface area contributed by atoms with E-state index in [2.05, 4.69) is 20.8 Å². The highest BCUT2D eigenvalue weighted by Crippen LogP contribution is 2.38. The zero-order valence-corrected chi connectivity index (χ0v) is 9.90. The summed E-state index contributed by atoms with van der Waals surface area (Å²) in [5.74, 6) is -0.764. The minimum Gasteiger partial charge on any atom is -0.480 e. The van der Waals surface area contributed by atoms with Crippen LogP contribution in [0.25, 0.3) is 0 Å². The normalized spacial score (nSPS) is 20.8. The van der Waals surface area contributed by atoms with Gasteiger partial charge >= 0.3 is 5.97 Å². The Labute approximate surface area is 95.7 Å². The Balaban J connectivity index is 2.46. The van der Waals surface area contributed by atoms with Gasteiger partial charge in [0.1, 0.15) is 6.04 Å². The minimum atomic E-state index is -0.764. The quantitative estimate of drug-likeness (QED) is 0.788. The molecule has 0 aromatic heterocycles. The van der Waals surface area contributed by atoms with E-state index in [1.165, 1.54) is 0 Å². The fourth-order valence-corrected chi connectivity index (χ4v) is 2.28. The molecule has 1 atom stereocenters. The Morgan fingerprint density at radius 2 is 2.00 bits per heavy atom. The number of rotatable bonds is 1. The number of hydrogen-bond donors (Lipinski definition) is 1. The van der Waals surface area contributed by atoms with E-state index in [0.717, 1.165) is 17.7 Å². The van der Waals surface area contributed by atoms with Gasteiger partial charge < -0.3 is 5.11 Å². The second-order valence-corrected chi connectivity index (χ2v) is 5.24. The van der Waals surface area contributed by atoms with Gasteiger partial charge in [-0.1, -0.05) is 24.3 Å². The molecule has 1 aromatic rings. The van der Waals surface area contributed by atoms with Crippen molar-refractivity contribution in [1.82, 2.24) is 4.90 Å². The van der Waals surface area contributed by atoms with Crippen molar-refractivity contribution in [3.63, 3.8) is 0 Å². The van der Waals surface area contributed by atoms with E-state index in [0.29, 0.717) is 0 Å². The highest BCUT2D eigenvalue weighted by molar-refractivity contribution is 5.77. The first-order valence-electron chi connectivity index (χ1n) is 5.48. The molecule has 0 amide bonds. The van der Waals surface area contributed by atoms with Gasteiger partial charge in [0, 0.05) is 12.1 Å².